The number of unbranched alkanes of at least 4 members (excludes halogenated alkanes) is 1. The number of hydrogen-bond acceptors (Lipinski definition) is 4. The molecule has 0 saturated carbocycles. The molecule has 1 aliphatic rings. The molecule has 1 heterocycles. The molecule has 0 atom stereocenters. The first-order valence-electron chi connectivity index (χ1n) is 8.71. The van der Waals surface area contributed by atoms with Crippen molar-refractivity contribution in [3.8, 4) is 6.07 Å². The third-order valence-electron chi connectivity index (χ3n) is 4.37. The Balaban J connectivity index is 1.54. The van der Waals surface area contributed by atoms with Crippen LogP contribution in [-0.4, -0.2) is 61.6 Å². The maximum atomic E-state index is 11.8. The SMILES string of the molecule is CCN1CCN(CCCCNC(=O)Nc2ccc(C#N)cc2)CC1. The van der Waals surface area contributed by atoms with E-state index in [1.807, 2.05) is 0 Å². The van der Waals surface area contributed by atoms with Gasteiger partial charge in [-0.2, -0.15) is 5.26 Å². The molecule has 0 aliphatic carbocycles. The summed E-state index contributed by atoms with van der Waals surface area (Å²) in [7, 11) is 0. The molecule has 6 nitrogen and oxygen atoms in total. The molecule has 6 heteroatoms. The summed E-state index contributed by atoms with van der Waals surface area (Å²) in [5, 5.41) is 14.4. The first-order valence-corrected chi connectivity index (χ1v) is 8.71. The van der Waals surface area contributed by atoms with Crippen molar-refractivity contribution >= 4 is 11.7 Å². The Bertz CT molecular complexity index is 544. The second kappa shape index (κ2) is 9.91. The van der Waals surface area contributed by atoms with Crippen molar-refractivity contribution in [1.82, 2.24) is 15.1 Å². The standard InChI is InChI=1S/C18H27N5O/c1-2-22-11-13-23(14-12-22)10-4-3-9-20-18(24)21-17-7-5-16(15-19)6-8-17/h5-8H,2-4,9-14H2,1H3,(H2,20,21,24). The number of likely N-dealkylation sites (N-methyl/N-ethyl adjacent to an activating group) is 1. The number of carbonyl (C=O) groups is 1. The molecule has 1 fully saturated rings. The zero-order valence-corrected chi connectivity index (χ0v) is 14.4. The van der Waals surface area contributed by atoms with Gasteiger partial charge in [0.15, 0.2) is 0 Å². The predicted octanol–water partition coefficient (Wildman–Crippen LogP) is 2.10. The van der Waals surface area contributed by atoms with E-state index in [1.165, 1.54) is 13.1 Å². The van der Waals surface area contributed by atoms with E-state index < -0.39 is 0 Å². The fraction of sp³-hybridized carbons (Fsp3) is 0.556. The van der Waals surface area contributed by atoms with Gasteiger partial charge in [0, 0.05) is 38.4 Å². The molecule has 0 aromatic heterocycles. The summed E-state index contributed by atoms with van der Waals surface area (Å²) in [5.41, 5.74) is 1.28. The minimum Gasteiger partial charge on any atom is -0.338 e. The number of benzene rings is 1. The Morgan fingerprint density at radius 2 is 1.79 bits per heavy atom. The Morgan fingerprint density at radius 3 is 2.42 bits per heavy atom. The molecule has 24 heavy (non-hydrogen) atoms. The molecular weight excluding hydrogens is 302 g/mol. The van der Waals surface area contributed by atoms with Gasteiger partial charge in [0.1, 0.15) is 0 Å². The fourth-order valence-electron chi connectivity index (χ4n) is 2.79. The molecule has 2 rings (SSSR count). The lowest BCUT2D eigenvalue weighted by Crippen LogP contribution is -2.46. The molecule has 2 amide bonds. The number of nitriles is 1. The smallest absolute Gasteiger partial charge is 0.319 e. The molecule has 0 spiro atoms. The number of piperazine rings is 1. The van der Waals surface area contributed by atoms with Crippen LogP contribution in [0.3, 0.4) is 0 Å². The van der Waals surface area contributed by atoms with Crippen LogP contribution in [0.1, 0.15) is 25.3 Å². The molecular formula is C18H27N5O. The zero-order chi connectivity index (χ0) is 17.2. The van der Waals surface area contributed by atoms with Gasteiger partial charge in [0.05, 0.1) is 11.6 Å². The van der Waals surface area contributed by atoms with Crippen LogP contribution in [0.25, 0.3) is 0 Å². The summed E-state index contributed by atoms with van der Waals surface area (Å²) in [6, 6.07) is 8.69. The largest absolute Gasteiger partial charge is 0.338 e. The number of amides is 2. The second-order valence-corrected chi connectivity index (χ2v) is 6.05. The lowest BCUT2D eigenvalue weighted by molar-refractivity contribution is 0.136. The average Bonchev–Trinajstić information content (AvgIpc) is 2.62. The first-order chi connectivity index (χ1) is 11.7. The van der Waals surface area contributed by atoms with Gasteiger partial charge < -0.3 is 20.4 Å². The average molecular weight is 329 g/mol. The van der Waals surface area contributed by atoms with Gasteiger partial charge in [-0.05, 0) is 50.2 Å². The highest BCUT2D eigenvalue weighted by atomic mass is 16.2. The van der Waals surface area contributed by atoms with Crippen LogP contribution in [0.2, 0.25) is 0 Å². The number of rotatable bonds is 7. The van der Waals surface area contributed by atoms with Gasteiger partial charge in [-0.25, -0.2) is 4.79 Å². The summed E-state index contributed by atoms with van der Waals surface area (Å²) in [5.74, 6) is 0. The van der Waals surface area contributed by atoms with Crippen LogP contribution in [0, 0.1) is 11.3 Å². The molecule has 0 unspecified atom stereocenters. The second-order valence-electron chi connectivity index (χ2n) is 6.05. The van der Waals surface area contributed by atoms with E-state index in [1.54, 1.807) is 24.3 Å². The number of carbonyl (C=O) groups excluding carboxylic acids is 1. The minimum absolute atomic E-state index is 0.198. The highest BCUT2D eigenvalue weighted by Crippen LogP contribution is 2.08. The Morgan fingerprint density at radius 1 is 1.12 bits per heavy atom. The highest BCUT2D eigenvalue weighted by molar-refractivity contribution is 5.89. The van der Waals surface area contributed by atoms with Crippen molar-refractivity contribution < 1.29 is 4.79 Å². The van der Waals surface area contributed by atoms with Gasteiger partial charge in [-0.1, -0.05) is 6.92 Å². The van der Waals surface area contributed by atoms with Gasteiger partial charge in [0.2, 0.25) is 0 Å². The number of urea groups is 1. The Kier molecular flexibility index (Phi) is 7.53. The molecule has 0 radical (unpaired) electrons. The number of nitrogens with one attached hydrogen (secondary N) is 2. The molecule has 130 valence electrons. The van der Waals surface area contributed by atoms with Crippen LogP contribution in [0.4, 0.5) is 10.5 Å². The summed E-state index contributed by atoms with van der Waals surface area (Å²) in [6.07, 6.45) is 2.08. The van der Waals surface area contributed by atoms with E-state index >= 15 is 0 Å². The lowest BCUT2D eigenvalue weighted by Gasteiger charge is -2.33. The Hall–Kier alpha value is -2.10. The van der Waals surface area contributed by atoms with E-state index in [2.05, 4.69) is 33.4 Å². The molecule has 2 N–H and O–H groups in total. The summed E-state index contributed by atoms with van der Waals surface area (Å²) in [6.45, 7) is 9.79. The van der Waals surface area contributed by atoms with E-state index in [4.69, 9.17) is 5.26 Å². The molecule has 1 aliphatic heterocycles. The monoisotopic (exact) mass is 329 g/mol. The quantitative estimate of drug-likeness (QED) is 0.752. The minimum atomic E-state index is -0.198. The topological polar surface area (TPSA) is 71.4 Å². The third-order valence-corrected chi connectivity index (χ3v) is 4.37. The summed E-state index contributed by atoms with van der Waals surface area (Å²) < 4.78 is 0. The van der Waals surface area contributed by atoms with Gasteiger partial charge in [0.25, 0.3) is 0 Å². The van der Waals surface area contributed by atoms with Crippen molar-refractivity contribution in [1.29, 1.82) is 5.26 Å². The van der Waals surface area contributed by atoms with Gasteiger partial charge in [-0.15, -0.1) is 0 Å². The number of nitrogens with zero attached hydrogens (tertiary/aromatic N) is 3. The van der Waals surface area contributed by atoms with Gasteiger partial charge in [-0.3, -0.25) is 0 Å². The van der Waals surface area contributed by atoms with Crippen molar-refractivity contribution in [2.45, 2.75) is 19.8 Å². The Labute approximate surface area is 144 Å². The lowest BCUT2D eigenvalue weighted by atomic mass is 10.2. The van der Waals surface area contributed by atoms with Crippen LogP contribution < -0.4 is 10.6 Å². The van der Waals surface area contributed by atoms with Crippen LogP contribution in [0.5, 0.6) is 0 Å². The highest BCUT2D eigenvalue weighted by Gasteiger charge is 2.14. The van der Waals surface area contributed by atoms with Crippen molar-refractivity contribution in [2.24, 2.45) is 0 Å². The van der Waals surface area contributed by atoms with Crippen LogP contribution in [-0.2, 0) is 0 Å². The van der Waals surface area contributed by atoms with Gasteiger partial charge >= 0.3 is 6.03 Å². The van der Waals surface area contributed by atoms with Crippen molar-refractivity contribution in [2.75, 3.05) is 51.1 Å². The molecule has 1 saturated heterocycles. The molecule has 1 aromatic rings. The zero-order valence-electron chi connectivity index (χ0n) is 14.4. The van der Waals surface area contributed by atoms with Crippen molar-refractivity contribution in [3.05, 3.63) is 29.8 Å². The maximum Gasteiger partial charge on any atom is 0.319 e. The van der Waals surface area contributed by atoms with E-state index in [0.29, 0.717) is 17.8 Å². The first kappa shape index (κ1) is 18.2. The number of anilines is 1. The molecule has 0 bridgehead atoms. The van der Waals surface area contributed by atoms with Crippen molar-refractivity contribution in [3.63, 3.8) is 0 Å². The van der Waals surface area contributed by atoms with E-state index in [0.717, 1.165) is 39.0 Å². The van der Waals surface area contributed by atoms with E-state index in [9.17, 15) is 4.79 Å². The predicted molar refractivity (Wildman–Crippen MR) is 96.0 cm³/mol. The summed E-state index contributed by atoms with van der Waals surface area (Å²) in [4.78, 5) is 16.8. The molecule has 1 aromatic carbocycles. The van der Waals surface area contributed by atoms with Crippen LogP contribution >= 0.6 is 0 Å². The summed E-state index contributed by atoms with van der Waals surface area (Å²) >= 11 is 0. The fourth-order valence-corrected chi connectivity index (χ4v) is 2.79. The normalized spacial score (nSPS) is 15.7. The van der Waals surface area contributed by atoms with E-state index in [-0.39, 0.29) is 6.03 Å². The number of hydrogen-bond donors (Lipinski definition) is 2. The van der Waals surface area contributed by atoms with Crippen LogP contribution in [0.15, 0.2) is 24.3 Å². The maximum absolute atomic E-state index is 11.8. The third kappa shape index (κ3) is 6.19.